The van der Waals surface area contributed by atoms with Gasteiger partial charge in [-0.3, -0.25) is 4.68 Å². The second-order valence-electron chi connectivity index (χ2n) is 7.41. The van der Waals surface area contributed by atoms with Gasteiger partial charge in [0.1, 0.15) is 17.9 Å². The van der Waals surface area contributed by atoms with Crippen molar-refractivity contribution in [2.45, 2.75) is 19.6 Å². The largest absolute Gasteiger partial charge is 0.491 e. The van der Waals surface area contributed by atoms with Gasteiger partial charge in [-0.05, 0) is 19.1 Å². The Kier molecular flexibility index (Phi) is 4.24. The molecule has 0 bridgehead atoms. The Labute approximate surface area is 180 Å². The van der Waals surface area contributed by atoms with Gasteiger partial charge in [0.25, 0.3) is 5.88 Å². The van der Waals surface area contributed by atoms with Gasteiger partial charge in [-0.1, -0.05) is 5.16 Å². The van der Waals surface area contributed by atoms with E-state index in [1.54, 1.807) is 32.4 Å². The number of hydrogen-bond donors (Lipinski definition) is 0. The fourth-order valence-corrected chi connectivity index (χ4v) is 3.53. The predicted molar refractivity (Wildman–Crippen MR) is 109 cm³/mol. The van der Waals surface area contributed by atoms with Gasteiger partial charge in [-0.2, -0.15) is 9.61 Å². The molecular formula is C20H18N8O4. The molecule has 0 atom stereocenters. The molecule has 0 aliphatic carbocycles. The molecule has 1 saturated heterocycles. The lowest BCUT2D eigenvalue weighted by Gasteiger charge is -2.26. The van der Waals surface area contributed by atoms with Crippen LogP contribution in [0.4, 0.5) is 0 Å². The first kappa shape index (κ1) is 18.7. The third-order valence-electron chi connectivity index (χ3n) is 5.24. The van der Waals surface area contributed by atoms with Gasteiger partial charge in [0, 0.05) is 12.1 Å². The van der Waals surface area contributed by atoms with Gasteiger partial charge in [0.05, 0.1) is 43.8 Å². The molecule has 12 nitrogen and oxygen atoms in total. The molecule has 0 aromatic carbocycles. The van der Waals surface area contributed by atoms with Crippen LogP contribution in [0, 0.1) is 6.92 Å². The third-order valence-corrected chi connectivity index (χ3v) is 5.24. The predicted octanol–water partition coefficient (Wildman–Crippen LogP) is 1.99. The van der Waals surface area contributed by atoms with Gasteiger partial charge in [0.2, 0.25) is 5.82 Å². The highest BCUT2D eigenvalue weighted by atomic mass is 16.5. The maximum Gasteiger partial charge on any atom is 0.275 e. The zero-order valence-electron chi connectivity index (χ0n) is 17.3. The zero-order valence-corrected chi connectivity index (χ0v) is 17.3. The smallest absolute Gasteiger partial charge is 0.275 e. The number of nitrogens with zero attached hydrogens (tertiary/aromatic N) is 8. The summed E-state index contributed by atoms with van der Waals surface area (Å²) in [4.78, 5) is 4.66. The minimum Gasteiger partial charge on any atom is -0.491 e. The van der Waals surface area contributed by atoms with Gasteiger partial charge in [-0.15, -0.1) is 15.3 Å². The quantitative estimate of drug-likeness (QED) is 0.391. The van der Waals surface area contributed by atoms with E-state index in [9.17, 15) is 0 Å². The van der Waals surface area contributed by atoms with Crippen molar-refractivity contribution >= 4 is 16.7 Å². The second-order valence-corrected chi connectivity index (χ2v) is 7.41. The van der Waals surface area contributed by atoms with Crippen LogP contribution in [0.25, 0.3) is 28.2 Å². The minimum absolute atomic E-state index is 0.197. The van der Waals surface area contributed by atoms with Crippen molar-refractivity contribution in [2.24, 2.45) is 0 Å². The van der Waals surface area contributed by atoms with E-state index in [4.69, 9.17) is 18.7 Å². The molecule has 0 spiro atoms. The van der Waals surface area contributed by atoms with Crippen LogP contribution < -0.4 is 9.47 Å². The van der Waals surface area contributed by atoms with Crippen LogP contribution in [0.2, 0.25) is 0 Å². The standard InChI is InChI=1S/C20H18N8O4/c1-11-5-14(26-32-11)19-24-23-18-6-17(29-2)20(25-28(18)19)31-8-12-3-4-16-15(22-12)7-21-27(16)13-9-30-10-13/h3-7,13H,8-10H2,1-2H3. The Morgan fingerprint density at radius 1 is 1.19 bits per heavy atom. The summed E-state index contributed by atoms with van der Waals surface area (Å²) in [6.45, 7) is 3.35. The highest BCUT2D eigenvalue weighted by molar-refractivity contribution is 5.74. The van der Waals surface area contributed by atoms with Crippen LogP contribution in [0.1, 0.15) is 17.5 Å². The molecule has 6 heterocycles. The SMILES string of the molecule is COc1cc2nnc(-c3cc(C)on3)n2nc1OCc1ccc2c(cnn2C2COC2)n1. The number of fused-ring (bicyclic) bond motifs is 2. The normalized spacial score (nSPS) is 14.2. The maximum atomic E-state index is 5.96. The summed E-state index contributed by atoms with van der Waals surface area (Å²) in [5.74, 6) is 1.82. The van der Waals surface area contributed by atoms with Crippen LogP contribution in [-0.2, 0) is 11.3 Å². The van der Waals surface area contributed by atoms with E-state index in [1.165, 1.54) is 4.52 Å². The van der Waals surface area contributed by atoms with Gasteiger partial charge in [0.15, 0.2) is 17.1 Å². The number of aromatic nitrogens is 8. The fourth-order valence-electron chi connectivity index (χ4n) is 3.53. The van der Waals surface area contributed by atoms with Crippen LogP contribution in [0.3, 0.4) is 0 Å². The van der Waals surface area contributed by atoms with Crippen molar-refractivity contribution in [1.29, 1.82) is 0 Å². The van der Waals surface area contributed by atoms with Crippen LogP contribution in [-0.4, -0.2) is 60.1 Å². The lowest BCUT2D eigenvalue weighted by molar-refractivity contribution is -0.0266. The molecular weight excluding hydrogens is 416 g/mol. The van der Waals surface area contributed by atoms with Crippen molar-refractivity contribution in [3.8, 4) is 23.1 Å². The molecule has 1 aliphatic rings. The van der Waals surface area contributed by atoms with Crippen LogP contribution in [0.15, 0.2) is 35.0 Å². The fraction of sp³-hybridized carbons (Fsp3) is 0.300. The average Bonchev–Trinajstić information content (AvgIpc) is 3.48. The van der Waals surface area contributed by atoms with E-state index in [0.717, 1.165) is 16.7 Å². The molecule has 0 amide bonds. The molecule has 12 heteroatoms. The van der Waals surface area contributed by atoms with Crippen molar-refractivity contribution in [1.82, 2.24) is 39.7 Å². The summed E-state index contributed by atoms with van der Waals surface area (Å²) < 4.78 is 25.3. The Morgan fingerprint density at radius 3 is 2.84 bits per heavy atom. The van der Waals surface area contributed by atoms with E-state index >= 15 is 0 Å². The molecule has 0 N–H and O–H groups in total. The molecule has 0 saturated carbocycles. The number of methoxy groups -OCH3 is 1. The van der Waals surface area contributed by atoms with Crippen LogP contribution >= 0.6 is 0 Å². The molecule has 32 heavy (non-hydrogen) atoms. The number of hydrogen-bond acceptors (Lipinski definition) is 10. The summed E-state index contributed by atoms with van der Waals surface area (Å²) in [5, 5.41) is 21.3. The first-order valence-electron chi connectivity index (χ1n) is 9.97. The van der Waals surface area contributed by atoms with E-state index in [0.29, 0.717) is 41.9 Å². The lowest BCUT2D eigenvalue weighted by Crippen LogP contribution is -2.31. The minimum atomic E-state index is 0.197. The topological polar surface area (TPSA) is 128 Å². The Hall–Kier alpha value is -4.06. The third kappa shape index (κ3) is 3.03. The summed E-state index contributed by atoms with van der Waals surface area (Å²) in [6.07, 6.45) is 1.76. The van der Waals surface area contributed by atoms with Crippen molar-refractivity contribution in [3.05, 3.63) is 41.9 Å². The van der Waals surface area contributed by atoms with Crippen LogP contribution in [0.5, 0.6) is 11.6 Å². The summed E-state index contributed by atoms with van der Waals surface area (Å²) >= 11 is 0. The Bertz CT molecular complexity index is 1430. The maximum absolute atomic E-state index is 5.96. The van der Waals surface area contributed by atoms with E-state index in [1.807, 2.05) is 16.8 Å². The highest BCUT2D eigenvalue weighted by Crippen LogP contribution is 2.28. The molecule has 0 radical (unpaired) electrons. The van der Waals surface area contributed by atoms with E-state index < -0.39 is 0 Å². The van der Waals surface area contributed by atoms with Crippen molar-refractivity contribution in [2.75, 3.05) is 20.3 Å². The number of ether oxygens (including phenoxy) is 3. The summed E-state index contributed by atoms with van der Waals surface area (Å²) in [7, 11) is 1.54. The summed E-state index contributed by atoms with van der Waals surface area (Å²) in [6, 6.07) is 7.63. The number of aryl methyl sites for hydroxylation is 1. The average molecular weight is 434 g/mol. The molecule has 6 rings (SSSR count). The monoisotopic (exact) mass is 434 g/mol. The Morgan fingerprint density at radius 2 is 2.09 bits per heavy atom. The van der Waals surface area contributed by atoms with Gasteiger partial charge < -0.3 is 18.7 Å². The second kappa shape index (κ2) is 7.27. The molecule has 162 valence electrons. The molecule has 5 aromatic heterocycles. The first-order valence-corrected chi connectivity index (χ1v) is 9.97. The van der Waals surface area contributed by atoms with Crippen molar-refractivity contribution < 1.29 is 18.7 Å². The van der Waals surface area contributed by atoms with Gasteiger partial charge >= 0.3 is 0 Å². The van der Waals surface area contributed by atoms with Crippen molar-refractivity contribution in [3.63, 3.8) is 0 Å². The zero-order chi connectivity index (χ0) is 21.7. The number of rotatable bonds is 6. The first-order chi connectivity index (χ1) is 15.7. The Balaban J connectivity index is 1.29. The van der Waals surface area contributed by atoms with Gasteiger partial charge in [-0.25, -0.2) is 4.98 Å². The summed E-state index contributed by atoms with van der Waals surface area (Å²) in [5.41, 5.74) is 3.53. The molecule has 0 unspecified atom stereocenters. The van der Waals surface area contributed by atoms with E-state index in [2.05, 4.69) is 30.5 Å². The molecule has 1 fully saturated rings. The highest BCUT2D eigenvalue weighted by Gasteiger charge is 2.23. The molecule has 5 aromatic rings. The lowest BCUT2D eigenvalue weighted by atomic mass is 10.2. The van der Waals surface area contributed by atoms with E-state index in [-0.39, 0.29) is 18.5 Å². The number of pyridine rings is 1. The molecule has 1 aliphatic heterocycles.